The van der Waals surface area contributed by atoms with Gasteiger partial charge in [-0.3, -0.25) is 4.99 Å². The van der Waals surface area contributed by atoms with Crippen LogP contribution in [-0.2, 0) is 0 Å². The lowest BCUT2D eigenvalue weighted by Crippen LogP contribution is -2.25. The molecular weight excluding hydrogens is 546 g/mol. The van der Waals surface area contributed by atoms with E-state index in [0.29, 0.717) is 5.02 Å². The Morgan fingerprint density at radius 2 is 1.40 bits per heavy atom. The van der Waals surface area contributed by atoms with Gasteiger partial charge >= 0.3 is 0 Å². The van der Waals surface area contributed by atoms with E-state index in [9.17, 15) is 0 Å². The van der Waals surface area contributed by atoms with Crippen molar-refractivity contribution in [3.63, 3.8) is 0 Å². The van der Waals surface area contributed by atoms with Gasteiger partial charge in [-0.2, -0.15) is 0 Å². The Balaban J connectivity index is 1.38. The van der Waals surface area contributed by atoms with Crippen molar-refractivity contribution in [2.24, 2.45) is 10.9 Å². The Kier molecular flexibility index (Phi) is 7.47. The van der Waals surface area contributed by atoms with Crippen molar-refractivity contribution in [3.8, 4) is 11.1 Å². The molecule has 1 aromatic heterocycles. The smallest absolute Gasteiger partial charge is 0.154 e. The zero-order valence-corrected chi connectivity index (χ0v) is 25.3. The van der Waals surface area contributed by atoms with E-state index in [1.807, 2.05) is 12.1 Å². The molecule has 0 saturated heterocycles. The number of allylic oxidation sites excluding steroid dienone is 1. The lowest BCUT2D eigenvalue weighted by Gasteiger charge is -2.31. The van der Waals surface area contributed by atoms with Crippen molar-refractivity contribution in [2.45, 2.75) is 39.0 Å². The molecule has 3 heteroatoms. The maximum Gasteiger partial charge on any atom is 0.154 e. The van der Waals surface area contributed by atoms with Gasteiger partial charge < -0.3 is 4.42 Å². The molecule has 2 heterocycles. The van der Waals surface area contributed by atoms with Gasteiger partial charge in [0, 0.05) is 22.3 Å². The zero-order valence-electron chi connectivity index (χ0n) is 24.6. The molecule has 5 aromatic carbocycles. The van der Waals surface area contributed by atoms with Gasteiger partial charge in [0.15, 0.2) is 5.58 Å². The maximum absolute atomic E-state index is 6.93. The summed E-state index contributed by atoms with van der Waals surface area (Å²) >= 11 is 6.93. The van der Waals surface area contributed by atoms with Crippen LogP contribution in [0.3, 0.4) is 0 Å². The zero-order chi connectivity index (χ0) is 29.3. The van der Waals surface area contributed by atoms with E-state index < -0.39 is 0 Å². The number of hydrogen-bond acceptors (Lipinski definition) is 2. The number of furan rings is 1. The lowest BCUT2D eigenvalue weighted by atomic mass is 9.75. The summed E-state index contributed by atoms with van der Waals surface area (Å²) in [5.74, 6) is 0.473. The molecule has 1 aliphatic rings. The molecule has 6 aromatic rings. The van der Waals surface area contributed by atoms with Crippen LogP contribution in [0.25, 0.3) is 38.8 Å². The van der Waals surface area contributed by atoms with Crippen LogP contribution in [-0.4, -0.2) is 5.71 Å². The highest BCUT2D eigenvalue weighted by Gasteiger charge is 2.31. The van der Waals surface area contributed by atoms with Crippen molar-refractivity contribution >= 4 is 44.9 Å². The minimum absolute atomic E-state index is 0.217. The van der Waals surface area contributed by atoms with Gasteiger partial charge in [-0.25, -0.2) is 0 Å². The summed E-state index contributed by atoms with van der Waals surface area (Å²) < 4.78 is 6.17. The Morgan fingerprint density at radius 3 is 2.16 bits per heavy atom. The second-order valence-corrected chi connectivity index (χ2v) is 12.0. The largest absolute Gasteiger partial charge is 0.454 e. The fourth-order valence-electron chi connectivity index (χ4n) is 6.75. The summed E-state index contributed by atoms with van der Waals surface area (Å²) in [7, 11) is 0. The number of fused-ring (bicyclic) bond motifs is 3. The number of aliphatic imine (C=N–C) groups is 1. The molecule has 7 rings (SSSR count). The van der Waals surface area contributed by atoms with Gasteiger partial charge in [0.2, 0.25) is 0 Å². The third-order valence-electron chi connectivity index (χ3n) is 8.94. The molecule has 0 spiro atoms. The molecule has 0 N–H and O–H groups in total. The van der Waals surface area contributed by atoms with Crippen molar-refractivity contribution in [1.82, 2.24) is 0 Å². The van der Waals surface area contributed by atoms with Gasteiger partial charge in [-0.05, 0) is 84.2 Å². The highest BCUT2D eigenvalue weighted by atomic mass is 35.5. The molecule has 212 valence electrons. The number of rotatable bonds is 5. The summed E-state index contributed by atoms with van der Waals surface area (Å²) in [5.41, 5.74) is 11.2. The van der Waals surface area contributed by atoms with Gasteiger partial charge in [-0.1, -0.05) is 116 Å². The summed E-state index contributed by atoms with van der Waals surface area (Å²) in [5, 5.41) is 2.86. The van der Waals surface area contributed by atoms with Crippen LogP contribution in [0, 0.1) is 5.92 Å². The Bertz CT molecular complexity index is 1980. The first kappa shape index (κ1) is 27.4. The highest BCUT2D eigenvalue weighted by Crippen LogP contribution is 2.43. The van der Waals surface area contributed by atoms with Crippen LogP contribution in [0.1, 0.15) is 55.7 Å². The van der Waals surface area contributed by atoms with Crippen LogP contribution in [0.2, 0.25) is 5.02 Å². The van der Waals surface area contributed by atoms with E-state index in [1.54, 1.807) is 0 Å². The van der Waals surface area contributed by atoms with E-state index in [2.05, 4.69) is 123 Å². The molecule has 1 aliphatic heterocycles. The SMILES string of the molecule is CCC1/C(c2ccccc2)=N\C(c2cccc(-c3ccccc3)c2)=C(/C)CCC1c1cc(Cl)c2oc3ccccc3c2c1. The Hall–Kier alpha value is -4.40. The minimum atomic E-state index is 0.217. The molecule has 0 saturated carbocycles. The standard InChI is InChI=1S/C40H34ClNO/c1-3-32-33(31-24-35-34-19-10-11-20-37(34)43-40(35)36(41)25-31)22-21-26(2)38(42-39(32)28-15-8-5-9-16-28)30-18-12-17-29(23-30)27-13-6-4-7-14-27/h4-20,23-25,32-33H,3,21-22H2,1-2H3/b38-26+,42-39-. The van der Waals surface area contributed by atoms with Gasteiger partial charge in [0.05, 0.1) is 16.4 Å². The predicted molar refractivity (Wildman–Crippen MR) is 182 cm³/mol. The van der Waals surface area contributed by atoms with E-state index in [0.717, 1.165) is 58.2 Å². The van der Waals surface area contributed by atoms with Gasteiger partial charge in [0.1, 0.15) is 5.58 Å². The second kappa shape index (κ2) is 11.7. The molecular formula is C40H34ClNO. The molecule has 0 amide bonds. The molecule has 0 radical (unpaired) electrons. The Labute approximate surface area is 258 Å². The predicted octanol–water partition coefficient (Wildman–Crippen LogP) is 11.7. The van der Waals surface area contributed by atoms with Crippen LogP contribution in [0.15, 0.2) is 136 Å². The third-order valence-corrected chi connectivity index (χ3v) is 9.22. The normalized spacial score (nSPS) is 20.5. The fourth-order valence-corrected chi connectivity index (χ4v) is 7.02. The number of benzene rings is 5. The quantitative estimate of drug-likeness (QED) is 0.199. The number of nitrogens with zero attached hydrogens (tertiary/aromatic N) is 1. The molecule has 2 atom stereocenters. The molecule has 43 heavy (non-hydrogen) atoms. The van der Waals surface area contributed by atoms with Crippen molar-refractivity contribution in [2.75, 3.05) is 0 Å². The van der Waals surface area contributed by atoms with Crippen LogP contribution in [0.5, 0.6) is 0 Å². The Morgan fingerprint density at radius 1 is 0.721 bits per heavy atom. The summed E-state index contributed by atoms with van der Waals surface area (Å²) in [4.78, 5) is 5.59. The summed E-state index contributed by atoms with van der Waals surface area (Å²) in [6, 6.07) is 42.8. The number of halogens is 1. The first-order valence-electron chi connectivity index (χ1n) is 15.2. The summed E-state index contributed by atoms with van der Waals surface area (Å²) in [6.07, 6.45) is 2.94. The molecule has 0 aliphatic carbocycles. The van der Waals surface area contributed by atoms with E-state index in [4.69, 9.17) is 21.0 Å². The highest BCUT2D eigenvalue weighted by molar-refractivity contribution is 6.36. The molecule has 0 bridgehead atoms. The third kappa shape index (κ3) is 5.21. The maximum atomic E-state index is 6.93. The van der Waals surface area contributed by atoms with Crippen molar-refractivity contribution in [3.05, 3.63) is 149 Å². The minimum Gasteiger partial charge on any atom is -0.454 e. The lowest BCUT2D eigenvalue weighted by molar-refractivity contribution is 0.486. The first-order valence-corrected chi connectivity index (χ1v) is 15.6. The summed E-state index contributed by atoms with van der Waals surface area (Å²) in [6.45, 7) is 4.54. The van der Waals surface area contributed by atoms with Crippen LogP contribution < -0.4 is 0 Å². The molecule has 0 fully saturated rings. The van der Waals surface area contributed by atoms with Gasteiger partial charge in [-0.15, -0.1) is 0 Å². The van der Waals surface area contributed by atoms with Crippen molar-refractivity contribution in [1.29, 1.82) is 0 Å². The molecule has 2 nitrogen and oxygen atoms in total. The van der Waals surface area contributed by atoms with Gasteiger partial charge in [0.25, 0.3) is 0 Å². The average molecular weight is 580 g/mol. The van der Waals surface area contributed by atoms with E-state index >= 15 is 0 Å². The molecule has 2 unspecified atom stereocenters. The number of para-hydroxylation sites is 1. The van der Waals surface area contributed by atoms with Crippen LogP contribution in [0.4, 0.5) is 0 Å². The van der Waals surface area contributed by atoms with E-state index in [1.165, 1.54) is 27.8 Å². The monoisotopic (exact) mass is 579 g/mol. The van der Waals surface area contributed by atoms with Crippen LogP contribution >= 0.6 is 11.6 Å². The fraction of sp³-hybridized carbons (Fsp3) is 0.175. The average Bonchev–Trinajstić information content (AvgIpc) is 3.43. The first-order chi connectivity index (χ1) is 21.1. The van der Waals surface area contributed by atoms with Crippen molar-refractivity contribution < 1.29 is 4.42 Å². The topological polar surface area (TPSA) is 25.5 Å². The number of hydrogen-bond donors (Lipinski definition) is 0. The second-order valence-electron chi connectivity index (χ2n) is 11.6. The van der Waals surface area contributed by atoms with E-state index in [-0.39, 0.29) is 11.8 Å².